The van der Waals surface area contributed by atoms with Gasteiger partial charge in [0, 0.05) is 17.8 Å². The average Bonchev–Trinajstić information content (AvgIpc) is 3.11. The second kappa shape index (κ2) is 17.4. The number of methoxy groups -OCH3 is 1. The van der Waals surface area contributed by atoms with Gasteiger partial charge >= 0.3 is 20.8 Å². The Balaban J connectivity index is 1.86. The number of ether oxygens (including phenoxy) is 1. The number of benzene rings is 4. The molecule has 0 fully saturated rings. The number of hydrogen-bond acceptors (Lipinski definition) is 21. The van der Waals surface area contributed by atoms with E-state index in [-0.39, 0.29) is 33.6 Å². The maximum Gasteiger partial charge on any atom is 0.397 e. The zero-order valence-corrected chi connectivity index (χ0v) is 34.5. The summed E-state index contributed by atoms with van der Waals surface area (Å²) in [6, 6.07) is 8.37. The van der Waals surface area contributed by atoms with Crippen LogP contribution in [0, 0.1) is 0 Å². The van der Waals surface area contributed by atoms with E-state index < -0.39 is 122 Å². The topological polar surface area (TPSA) is 395 Å². The molecule has 0 aromatic heterocycles. The number of azo groups is 2. The zero-order chi connectivity index (χ0) is 44.4. The summed E-state index contributed by atoms with van der Waals surface area (Å²) in [4.78, 5) is -3.60. The number of hydrogen-bond donors (Lipinski definition) is 6. The van der Waals surface area contributed by atoms with Gasteiger partial charge < -0.3 is 15.2 Å². The summed E-state index contributed by atoms with van der Waals surface area (Å²) in [5.74, 6) is -3.05. The Morgan fingerprint density at radius 3 is 1.59 bits per heavy atom. The van der Waals surface area contributed by atoms with Crippen LogP contribution in [0.3, 0.4) is 0 Å². The Hall–Kier alpha value is -4.80. The molecule has 25 nitrogen and oxygen atoms in total. The molecule has 0 bridgehead atoms. The van der Waals surface area contributed by atoms with Gasteiger partial charge in [0.15, 0.2) is 25.4 Å². The van der Waals surface area contributed by atoms with E-state index in [1.54, 1.807) is 0 Å². The van der Waals surface area contributed by atoms with Crippen LogP contribution in [-0.4, -0.2) is 113 Å². The lowest BCUT2D eigenvalue weighted by Gasteiger charge is -2.13. The van der Waals surface area contributed by atoms with Crippen LogP contribution in [0.4, 0.5) is 28.4 Å². The van der Waals surface area contributed by atoms with Crippen molar-refractivity contribution in [3.05, 3.63) is 54.6 Å². The van der Waals surface area contributed by atoms with Gasteiger partial charge in [-0.2, -0.15) is 33.7 Å². The second-order valence-corrected chi connectivity index (χ2v) is 20.5. The highest BCUT2D eigenvalue weighted by Gasteiger charge is 2.27. The molecule has 0 unspecified atom stereocenters. The Labute approximate surface area is 335 Å². The van der Waals surface area contributed by atoms with E-state index in [1.165, 1.54) is 32.4 Å². The van der Waals surface area contributed by atoms with Gasteiger partial charge in [-0.05, 0) is 54.6 Å². The Bertz CT molecular complexity index is 3070. The van der Waals surface area contributed by atoms with Crippen molar-refractivity contribution < 1.29 is 86.9 Å². The molecule has 4 rings (SSSR count). The van der Waals surface area contributed by atoms with E-state index >= 15 is 0 Å². The van der Waals surface area contributed by atoms with Gasteiger partial charge in [-0.1, -0.05) is 0 Å². The maximum atomic E-state index is 12.8. The van der Waals surface area contributed by atoms with Crippen LogP contribution in [0.25, 0.3) is 10.8 Å². The van der Waals surface area contributed by atoms with E-state index in [4.69, 9.17) is 13.8 Å². The van der Waals surface area contributed by atoms with Crippen molar-refractivity contribution in [2.45, 2.75) is 19.6 Å². The first-order valence-corrected chi connectivity index (χ1v) is 24.3. The highest BCUT2D eigenvalue weighted by Crippen LogP contribution is 2.47. The molecular formula is C28H29N5O20S6. The van der Waals surface area contributed by atoms with Crippen LogP contribution < -0.4 is 10.1 Å². The van der Waals surface area contributed by atoms with Crippen molar-refractivity contribution in [3.63, 3.8) is 0 Å². The average molecular weight is 948 g/mol. The molecule has 0 radical (unpaired) electrons. The van der Waals surface area contributed by atoms with Gasteiger partial charge in [0.1, 0.15) is 38.3 Å². The molecule has 31 heteroatoms. The number of nitrogens with zero attached hydrogens (tertiary/aromatic N) is 4. The molecule has 59 heavy (non-hydrogen) atoms. The smallest absolute Gasteiger partial charge is 0.397 e. The predicted molar refractivity (Wildman–Crippen MR) is 202 cm³/mol. The van der Waals surface area contributed by atoms with Crippen LogP contribution in [0.1, 0.15) is 0 Å². The SMILES string of the molecule is CNc1ccc2c(O)c(N=Nc3ccc(S(=O)(=O)CCOS(=O)(=O)O)cc3S(=O)(=O)O)c(S(=O)(=O)O)cc2c1N=Nc1cc(S(=O)(=O)CCOS(=O)(=O)O)ccc1OC. The lowest BCUT2D eigenvalue weighted by atomic mass is 10.1. The highest BCUT2D eigenvalue weighted by atomic mass is 32.3. The summed E-state index contributed by atoms with van der Waals surface area (Å²) in [5.41, 5.74) is -2.20. The third-order valence-electron chi connectivity index (χ3n) is 7.51. The van der Waals surface area contributed by atoms with Crippen molar-refractivity contribution in [2.75, 3.05) is 44.2 Å². The van der Waals surface area contributed by atoms with Crippen LogP contribution in [0.15, 0.2) is 94.6 Å². The van der Waals surface area contributed by atoms with Crippen LogP contribution in [-0.2, 0) is 69.1 Å². The van der Waals surface area contributed by atoms with E-state index in [0.29, 0.717) is 12.1 Å². The Morgan fingerprint density at radius 1 is 0.576 bits per heavy atom. The minimum atomic E-state index is -5.37. The summed E-state index contributed by atoms with van der Waals surface area (Å²) in [6.45, 7) is -2.03. The fourth-order valence-electron chi connectivity index (χ4n) is 4.87. The number of rotatable bonds is 18. The number of anilines is 1. The molecule has 0 atom stereocenters. The molecule has 4 aromatic carbocycles. The van der Waals surface area contributed by atoms with Crippen LogP contribution in [0.2, 0.25) is 0 Å². The van der Waals surface area contributed by atoms with E-state index in [1.807, 2.05) is 0 Å². The molecule has 0 spiro atoms. The number of phenolic OH excluding ortho intramolecular Hbond substituents is 1. The van der Waals surface area contributed by atoms with Gasteiger partial charge in [-0.15, -0.1) is 20.5 Å². The summed E-state index contributed by atoms with van der Waals surface area (Å²) >= 11 is 0. The largest absolute Gasteiger partial charge is 0.505 e. The molecule has 0 aliphatic rings. The summed E-state index contributed by atoms with van der Waals surface area (Å²) in [6.07, 6.45) is 0. The molecular weight excluding hydrogens is 919 g/mol. The van der Waals surface area contributed by atoms with Crippen LogP contribution >= 0.6 is 0 Å². The molecule has 0 aliphatic heterocycles. The summed E-state index contributed by atoms with van der Waals surface area (Å²) < 4.78 is 195. The lowest BCUT2D eigenvalue weighted by Crippen LogP contribution is -2.16. The quantitative estimate of drug-likeness (QED) is 0.0616. The van der Waals surface area contributed by atoms with Crippen molar-refractivity contribution in [1.82, 2.24) is 0 Å². The van der Waals surface area contributed by atoms with Gasteiger partial charge in [-0.3, -0.25) is 18.2 Å². The first-order valence-electron chi connectivity index (χ1n) is 15.4. The number of aromatic hydroxyl groups is 1. The Kier molecular flexibility index (Phi) is 13.8. The minimum absolute atomic E-state index is 0.0432. The summed E-state index contributed by atoms with van der Waals surface area (Å²) in [7, 11) is -26.9. The number of phenols is 1. The van der Waals surface area contributed by atoms with E-state index in [0.717, 1.165) is 24.3 Å². The standard InChI is InChI=1S/C28H29N5O20S6/c1-29-21-7-5-18-19(26(21)32-31-22-13-16(4-8-23(22)51-2)54(35,36)11-9-52-58(45,46)47)15-25(57(42,43)44)27(28(18)34)33-30-20-6-3-17(14-24(20)56(39,40)41)55(37,38)12-10-53-59(48,49)50/h3-8,13-15,29,34H,9-12H2,1-2H3,(H,39,40,41)(H,42,43,44)(H,45,46,47)(H,48,49,50). The third-order valence-corrected chi connectivity index (χ3v) is 13.5. The minimum Gasteiger partial charge on any atom is -0.505 e. The zero-order valence-electron chi connectivity index (χ0n) is 29.6. The van der Waals surface area contributed by atoms with Crippen LogP contribution in [0.5, 0.6) is 11.5 Å². The monoisotopic (exact) mass is 947 g/mol. The highest BCUT2D eigenvalue weighted by molar-refractivity contribution is 7.92. The van der Waals surface area contributed by atoms with Gasteiger partial charge in [0.2, 0.25) is 0 Å². The van der Waals surface area contributed by atoms with Crippen molar-refractivity contribution in [1.29, 1.82) is 0 Å². The van der Waals surface area contributed by atoms with E-state index in [9.17, 15) is 64.7 Å². The van der Waals surface area contributed by atoms with Gasteiger partial charge in [-0.25, -0.2) is 25.2 Å². The van der Waals surface area contributed by atoms with E-state index in [2.05, 4.69) is 34.1 Å². The molecule has 4 aromatic rings. The predicted octanol–water partition coefficient (Wildman–Crippen LogP) is 3.11. The van der Waals surface area contributed by atoms with Crippen molar-refractivity contribution in [3.8, 4) is 11.5 Å². The first kappa shape index (κ1) is 46.9. The maximum absolute atomic E-state index is 12.8. The second-order valence-electron chi connectivity index (χ2n) is 11.3. The van der Waals surface area contributed by atoms with Crippen molar-refractivity contribution >= 4 is 99.9 Å². The first-order chi connectivity index (χ1) is 27.1. The molecule has 0 amide bonds. The summed E-state index contributed by atoms with van der Waals surface area (Å²) in [5, 5.41) is 28.8. The molecule has 0 aliphatic carbocycles. The van der Waals surface area contributed by atoms with Crippen molar-refractivity contribution in [2.24, 2.45) is 20.5 Å². The lowest BCUT2D eigenvalue weighted by molar-refractivity contribution is 0.282. The molecule has 322 valence electrons. The van der Waals surface area contributed by atoms with Gasteiger partial charge in [0.05, 0.1) is 47.3 Å². The Morgan fingerprint density at radius 2 is 1.08 bits per heavy atom. The van der Waals surface area contributed by atoms with Gasteiger partial charge in [0.25, 0.3) is 20.2 Å². The molecule has 6 N–H and O–H groups in total. The number of sulfone groups is 2. The molecule has 0 heterocycles. The number of fused-ring (bicyclic) bond motifs is 1. The fourth-order valence-corrected chi connectivity index (χ4v) is 9.25. The third kappa shape index (κ3) is 11.9. The fraction of sp³-hybridized carbons (Fsp3) is 0.214. The molecule has 0 saturated carbocycles. The normalized spacial score (nSPS) is 13.4. The number of nitrogens with one attached hydrogen (secondary N) is 1. The molecule has 0 saturated heterocycles.